The molecule has 0 unspecified atom stereocenters. The average molecular weight is 258 g/mol. The maximum Gasteiger partial charge on any atom is 0.375 e. The topological polar surface area (TPSA) is 72.8 Å². The SMILES string of the molecule is O=C=C1C=COC(C(=O)O)=C1OCc1ccccc1. The van der Waals surface area contributed by atoms with Gasteiger partial charge in [-0.05, 0) is 11.6 Å². The van der Waals surface area contributed by atoms with E-state index in [2.05, 4.69) is 0 Å². The third kappa shape index (κ3) is 2.91. The Labute approximate surface area is 109 Å². The lowest BCUT2D eigenvalue weighted by Crippen LogP contribution is -2.13. The van der Waals surface area contributed by atoms with E-state index in [0.29, 0.717) is 0 Å². The summed E-state index contributed by atoms with van der Waals surface area (Å²) in [4.78, 5) is 21.8. The molecule has 0 saturated carbocycles. The summed E-state index contributed by atoms with van der Waals surface area (Å²) < 4.78 is 10.2. The summed E-state index contributed by atoms with van der Waals surface area (Å²) >= 11 is 0. The van der Waals surface area contributed by atoms with Crippen LogP contribution in [0.5, 0.6) is 0 Å². The molecule has 1 aliphatic rings. The van der Waals surface area contributed by atoms with E-state index < -0.39 is 11.7 Å². The van der Waals surface area contributed by atoms with Crippen LogP contribution < -0.4 is 0 Å². The second kappa shape index (κ2) is 5.71. The fourth-order valence-electron chi connectivity index (χ4n) is 1.52. The molecule has 0 atom stereocenters. The number of carbonyl (C=O) groups is 1. The molecular formula is C14H10O5. The van der Waals surface area contributed by atoms with Crippen LogP contribution >= 0.6 is 0 Å². The molecule has 0 spiro atoms. The monoisotopic (exact) mass is 258 g/mol. The van der Waals surface area contributed by atoms with Crippen molar-refractivity contribution in [2.75, 3.05) is 0 Å². The minimum Gasteiger partial charge on any atom is -0.483 e. The number of carboxylic acids is 1. The molecule has 5 nitrogen and oxygen atoms in total. The first-order chi connectivity index (χ1) is 9.22. The van der Waals surface area contributed by atoms with Gasteiger partial charge in [0.2, 0.25) is 0 Å². The first-order valence-electron chi connectivity index (χ1n) is 5.45. The Morgan fingerprint density at radius 1 is 1.32 bits per heavy atom. The molecule has 1 aliphatic heterocycles. The predicted octanol–water partition coefficient (Wildman–Crippen LogP) is 1.80. The van der Waals surface area contributed by atoms with Gasteiger partial charge in [-0.1, -0.05) is 30.3 Å². The second-order valence-corrected chi connectivity index (χ2v) is 3.67. The third-order valence-electron chi connectivity index (χ3n) is 2.40. The molecule has 2 rings (SSSR count). The van der Waals surface area contributed by atoms with Gasteiger partial charge < -0.3 is 14.6 Å². The maximum atomic E-state index is 11.0. The smallest absolute Gasteiger partial charge is 0.375 e. The summed E-state index contributed by atoms with van der Waals surface area (Å²) in [5.74, 6) is -0.213. The molecule has 0 bridgehead atoms. The van der Waals surface area contributed by atoms with Crippen molar-refractivity contribution in [3.63, 3.8) is 0 Å². The Kier molecular flexibility index (Phi) is 3.81. The Morgan fingerprint density at radius 3 is 2.68 bits per heavy atom. The van der Waals surface area contributed by atoms with Crippen LogP contribution in [0.15, 0.2) is 59.8 Å². The van der Waals surface area contributed by atoms with Crippen LogP contribution in [0.4, 0.5) is 0 Å². The largest absolute Gasteiger partial charge is 0.483 e. The molecule has 1 aromatic rings. The normalized spacial score (nSPS) is 13.8. The third-order valence-corrected chi connectivity index (χ3v) is 2.40. The van der Waals surface area contributed by atoms with E-state index in [4.69, 9.17) is 14.6 Å². The molecule has 1 aromatic carbocycles. The average Bonchev–Trinajstić information content (AvgIpc) is 2.45. The van der Waals surface area contributed by atoms with Crippen molar-refractivity contribution in [2.24, 2.45) is 0 Å². The summed E-state index contributed by atoms with van der Waals surface area (Å²) in [6.45, 7) is 0.134. The fourth-order valence-corrected chi connectivity index (χ4v) is 1.52. The predicted molar refractivity (Wildman–Crippen MR) is 65.3 cm³/mol. The number of ether oxygens (including phenoxy) is 2. The van der Waals surface area contributed by atoms with Crippen molar-refractivity contribution in [3.8, 4) is 0 Å². The van der Waals surface area contributed by atoms with Gasteiger partial charge in [0.25, 0.3) is 5.76 Å². The minimum absolute atomic E-state index is 0.0135. The lowest BCUT2D eigenvalue weighted by Gasteiger charge is -2.15. The van der Waals surface area contributed by atoms with E-state index in [1.54, 1.807) is 5.94 Å². The van der Waals surface area contributed by atoms with Crippen molar-refractivity contribution in [1.82, 2.24) is 0 Å². The number of allylic oxidation sites excluding steroid dienone is 1. The Bertz CT molecular complexity index is 592. The van der Waals surface area contributed by atoms with Gasteiger partial charge in [-0.2, -0.15) is 0 Å². The van der Waals surface area contributed by atoms with E-state index in [1.165, 1.54) is 6.08 Å². The van der Waals surface area contributed by atoms with E-state index in [1.807, 2.05) is 30.3 Å². The van der Waals surface area contributed by atoms with Gasteiger partial charge in [0.05, 0.1) is 6.26 Å². The van der Waals surface area contributed by atoms with Crippen molar-refractivity contribution in [3.05, 3.63) is 65.3 Å². The molecule has 0 saturated heterocycles. The Balaban J connectivity index is 2.23. The standard InChI is InChI=1S/C14H10O5/c15-8-11-6-7-18-13(14(16)17)12(11)19-9-10-4-2-1-3-5-10/h1-7H,9H2,(H,16,17). The van der Waals surface area contributed by atoms with Crippen molar-refractivity contribution in [2.45, 2.75) is 6.61 Å². The Hall–Kier alpha value is -2.78. The van der Waals surface area contributed by atoms with Crippen molar-refractivity contribution >= 4 is 11.9 Å². The molecule has 0 fully saturated rings. The van der Waals surface area contributed by atoms with Crippen LogP contribution in [0.3, 0.4) is 0 Å². The highest BCUT2D eigenvalue weighted by atomic mass is 16.5. The number of aliphatic carboxylic acids is 1. The highest BCUT2D eigenvalue weighted by molar-refractivity contribution is 5.88. The highest BCUT2D eigenvalue weighted by Gasteiger charge is 2.24. The van der Waals surface area contributed by atoms with E-state index in [9.17, 15) is 9.59 Å². The van der Waals surface area contributed by atoms with E-state index >= 15 is 0 Å². The zero-order chi connectivity index (χ0) is 13.7. The summed E-state index contributed by atoms with van der Waals surface area (Å²) in [5.41, 5.74) is 0.860. The molecule has 0 amide bonds. The number of benzene rings is 1. The Morgan fingerprint density at radius 2 is 2.05 bits per heavy atom. The molecule has 1 heterocycles. The van der Waals surface area contributed by atoms with Gasteiger partial charge in [0.1, 0.15) is 18.1 Å². The van der Waals surface area contributed by atoms with Crippen LogP contribution in [-0.2, 0) is 25.7 Å². The number of rotatable bonds is 4. The fraction of sp³-hybridized carbons (Fsp3) is 0.0714. The van der Waals surface area contributed by atoms with Crippen molar-refractivity contribution < 1.29 is 24.2 Å². The van der Waals surface area contributed by atoms with Gasteiger partial charge in [-0.3, -0.25) is 0 Å². The van der Waals surface area contributed by atoms with Gasteiger partial charge in [0, 0.05) is 0 Å². The number of carbonyl (C=O) groups excluding carboxylic acids is 1. The first kappa shape index (κ1) is 12.7. The lowest BCUT2D eigenvalue weighted by atomic mass is 10.2. The summed E-state index contributed by atoms with van der Waals surface area (Å²) in [5, 5.41) is 8.98. The zero-order valence-corrected chi connectivity index (χ0v) is 9.83. The van der Waals surface area contributed by atoms with E-state index in [-0.39, 0.29) is 17.9 Å². The molecule has 1 N–H and O–H groups in total. The van der Waals surface area contributed by atoms with Gasteiger partial charge >= 0.3 is 5.97 Å². The van der Waals surface area contributed by atoms with Crippen LogP contribution in [0.2, 0.25) is 0 Å². The van der Waals surface area contributed by atoms with Gasteiger partial charge in [-0.15, -0.1) is 0 Å². The van der Waals surface area contributed by atoms with Crippen LogP contribution in [0.25, 0.3) is 0 Å². The van der Waals surface area contributed by atoms with Crippen molar-refractivity contribution in [1.29, 1.82) is 0 Å². The van der Waals surface area contributed by atoms with Crippen LogP contribution in [0.1, 0.15) is 5.56 Å². The van der Waals surface area contributed by atoms with Crippen LogP contribution in [0, 0.1) is 0 Å². The number of hydrogen-bond donors (Lipinski definition) is 1. The van der Waals surface area contributed by atoms with Crippen LogP contribution in [-0.4, -0.2) is 17.0 Å². The maximum absolute atomic E-state index is 11.0. The molecule has 0 aliphatic carbocycles. The van der Waals surface area contributed by atoms with Gasteiger partial charge in [0.15, 0.2) is 5.76 Å². The molecule has 19 heavy (non-hydrogen) atoms. The first-order valence-corrected chi connectivity index (χ1v) is 5.45. The second-order valence-electron chi connectivity index (χ2n) is 3.67. The molecule has 5 heteroatoms. The summed E-state index contributed by atoms with van der Waals surface area (Å²) in [7, 11) is 0. The summed E-state index contributed by atoms with van der Waals surface area (Å²) in [6, 6.07) is 9.17. The number of hydrogen-bond acceptors (Lipinski definition) is 4. The minimum atomic E-state index is -1.31. The number of carboxylic acid groups (broad SMARTS) is 1. The molecule has 0 aromatic heterocycles. The highest BCUT2D eigenvalue weighted by Crippen LogP contribution is 2.23. The quantitative estimate of drug-likeness (QED) is 0.834. The zero-order valence-electron chi connectivity index (χ0n) is 9.83. The van der Waals surface area contributed by atoms with E-state index in [0.717, 1.165) is 11.8 Å². The van der Waals surface area contributed by atoms with Gasteiger partial charge in [-0.25, -0.2) is 9.59 Å². The lowest BCUT2D eigenvalue weighted by molar-refractivity contribution is -0.136. The molecule has 0 radical (unpaired) electrons. The summed E-state index contributed by atoms with van der Waals surface area (Å²) in [6.07, 6.45) is 2.42. The molecular weight excluding hydrogens is 248 g/mol. The molecule has 96 valence electrons.